The number of imidazole rings is 1. The van der Waals surface area contributed by atoms with Crippen molar-refractivity contribution < 1.29 is 9.90 Å². The first-order valence-electron chi connectivity index (χ1n) is 6.02. The zero-order valence-electron chi connectivity index (χ0n) is 10.7. The number of hydrogen-bond donors (Lipinski definition) is 1. The van der Waals surface area contributed by atoms with Crippen molar-refractivity contribution in [2.45, 2.75) is 6.92 Å². The molecular formula is C15H11BrN2O2. The first-order valence-corrected chi connectivity index (χ1v) is 6.82. The van der Waals surface area contributed by atoms with Gasteiger partial charge in [-0.15, -0.1) is 0 Å². The molecule has 0 aliphatic heterocycles. The third kappa shape index (κ3) is 2.20. The Morgan fingerprint density at radius 3 is 2.75 bits per heavy atom. The van der Waals surface area contributed by atoms with E-state index in [1.165, 1.54) is 0 Å². The molecule has 5 heteroatoms. The van der Waals surface area contributed by atoms with Crippen molar-refractivity contribution in [3.05, 3.63) is 58.3 Å². The van der Waals surface area contributed by atoms with Gasteiger partial charge in [0.05, 0.1) is 16.6 Å². The maximum Gasteiger partial charge on any atom is 0.335 e. The number of aryl methyl sites for hydroxylation is 1. The molecule has 100 valence electrons. The predicted octanol–water partition coefficient (Wildman–Crippen LogP) is 3.79. The summed E-state index contributed by atoms with van der Waals surface area (Å²) in [5.74, 6) is -0.945. The van der Waals surface area contributed by atoms with Crippen LogP contribution in [-0.2, 0) is 0 Å². The summed E-state index contributed by atoms with van der Waals surface area (Å²) in [4.78, 5) is 15.3. The Bertz CT molecular complexity index is 804. The minimum absolute atomic E-state index is 0.244. The second kappa shape index (κ2) is 4.76. The standard InChI is InChI=1S/C15H11BrN2O2/c1-9-4-11(16)7-12(5-9)18-8-17-13-6-10(15(19)20)2-3-14(13)18/h2-8H,1H3,(H,19,20). The normalized spacial score (nSPS) is 10.9. The molecule has 1 heterocycles. The van der Waals surface area contributed by atoms with Gasteiger partial charge < -0.3 is 5.11 Å². The molecule has 0 unspecified atom stereocenters. The number of nitrogens with zero attached hydrogens (tertiary/aromatic N) is 2. The second-order valence-electron chi connectivity index (χ2n) is 4.61. The van der Waals surface area contributed by atoms with Crippen LogP contribution >= 0.6 is 15.9 Å². The molecule has 4 nitrogen and oxygen atoms in total. The summed E-state index contributed by atoms with van der Waals surface area (Å²) < 4.78 is 2.94. The summed E-state index contributed by atoms with van der Waals surface area (Å²) in [6.45, 7) is 2.02. The van der Waals surface area contributed by atoms with Gasteiger partial charge in [-0.2, -0.15) is 0 Å². The van der Waals surface area contributed by atoms with E-state index in [1.807, 2.05) is 23.6 Å². The van der Waals surface area contributed by atoms with E-state index in [0.29, 0.717) is 5.52 Å². The molecule has 0 radical (unpaired) electrons. The number of hydrogen-bond acceptors (Lipinski definition) is 2. The van der Waals surface area contributed by atoms with Crippen LogP contribution in [0.1, 0.15) is 15.9 Å². The van der Waals surface area contributed by atoms with E-state index in [-0.39, 0.29) is 5.56 Å². The van der Waals surface area contributed by atoms with Crippen LogP contribution in [0.4, 0.5) is 0 Å². The summed E-state index contributed by atoms with van der Waals surface area (Å²) in [6.07, 6.45) is 1.71. The summed E-state index contributed by atoms with van der Waals surface area (Å²) in [7, 11) is 0. The minimum atomic E-state index is -0.945. The van der Waals surface area contributed by atoms with Crippen LogP contribution < -0.4 is 0 Å². The molecule has 0 amide bonds. The Labute approximate surface area is 123 Å². The van der Waals surface area contributed by atoms with E-state index in [4.69, 9.17) is 5.11 Å². The van der Waals surface area contributed by atoms with Gasteiger partial charge in [-0.3, -0.25) is 4.57 Å². The van der Waals surface area contributed by atoms with Crippen molar-refractivity contribution in [3.63, 3.8) is 0 Å². The number of benzene rings is 2. The molecule has 1 aromatic heterocycles. The van der Waals surface area contributed by atoms with Crippen LogP contribution in [0, 0.1) is 6.92 Å². The fourth-order valence-corrected chi connectivity index (χ4v) is 2.80. The molecule has 0 bridgehead atoms. The Kier molecular flexibility index (Phi) is 3.06. The molecule has 3 aromatic rings. The number of fused-ring (bicyclic) bond motifs is 1. The number of carboxylic acid groups (broad SMARTS) is 1. The summed E-state index contributed by atoms with van der Waals surface area (Å²) in [5, 5.41) is 9.00. The topological polar surface area (TPSA) is 55.1 Å². The summed E-state index contributed by atoms with van der Waals surface area (Å²) in [6, 6.07) is 11.0. The van der Waals surface area contributed by atoms with Crippen molar-refractivity contribution in [1.82, 2.24) is 9.55 Å². The number of carboxylic acids is 1. The lowest BCUT2D eigenvalue weighted by Gasteiger charge is -2.06. The van der Waals surface area contributed by atoms with Crippen LogP contribution in [-0.4, -0.2) is 20.6 Å². The monoisotopic (exact) mass is 330 g/mol. The first kappa shape index (κ1) is 12.9. The molecular weight excluding hydrogens is 320 g/mol. The fourth-order valence-electron chi connectivity index (χ4n) is 2.21. The number of carbonyl (C=O) groups is 1. The number of aromatic carboxylic acids is 1. The van der Waals surface area contributed by atoms with Gasteiger partial charge in [-0.1, -0.05) is 15.9 Å². The minimum Gasteiger partial charge on any atom is -0.478 e. The fraction of sp³-hybridized carbons (Fsp3) is 0.0667. The van der Waals surface area contributed by atoms with E-state index in [0.717, 1.165) is 21.2 Å². The average molecular weight is 331 g/mol. The van der Waals surface area contributed by atoms with Gasteiger partial charge in [0, 0.05) is 10.2 Å². The van der Waals surface area contributed by atoms with Gasteiger partial charge in [-0.05, 0) is 48.9 Å². The Morgan fingerprint density at radius 2 is 2.05 bits per heavy atom. The molecule has 0 saturated heterocycles. The second-order valence-corrected chi connectivity index (χ2v) is 5.53. The van der Waals surface area contributed by atoms with Gasteiger partial charge in [0.15, 0.2) is 0 Å². The molecule has 0 spiro atoms. The van der Waals surface area contributed by atoms with Crippen molar-refractivity contribution in [3.8, 4) is 5.69 Å². The van der Waals surface area contributed by atoms with Gasteiger partial charge in [0.25, 0.3) is 0 Å². The van der Waals surface area contributed by atoms with Crippen molar-refractivity contribution >= 4 is 32.9 Å². The third-order valence-corrected chi connectivity index (χ3v) is 3.56. The van der Waals surface area contributed by atoms with E-state index < -0.39 is 5.97 Å². The van der Waals surface area contributed by atoms with Crippen LogP contribution in [0.2, 0.25) is 0 Å². The van der Waals surface area contributed by atoms with Crippen LogP contribution in [0.5, 0.6) is 0 Å². The molecule has 20 heavy (non-hydrogen) atoms. The van der Waals surface area contributed by atoms with E-state index in [9.17, 15) is 4.79 Å². The predicted molar refractivity (Wildman–Crippen MR) is 80.5 cm³/mol. The highest BCUT2D eigenvalue weighted by Gasteiger charge is 2.09. The van der Waals surface area contributed by atoms with Crippen LogP contribution in [0.25, 0.3) is 16.7 Å². The van der Waals surface area contributed by atoms with E-state index in [2.05, 4.69) is 27.0 Å². The highest BCUT2D eigenvalue weighted by Crippen LogP contribution is 2.23. The molecule has 1 N–H and O–H groups in total. The molecule has 2 aromatic carbocycles. The highest BCUT2D eigenvalue weighted by molar-refractivity contribution is 9.10. The summed E-state index contributed by atoms with van der Waals surface area (Å²) in [5.41, 5.74) is 3.92. The lowest BCUT2D eigenvalue weighted by atomic mass is 10.2. The quantitative estimate of drug-likeness (QED) is 0.777. The first-order chi connectivity index (χ1) is 9.54. The van der Waals surface area contributed by atoms with E-state index in [1.54, 1.807) is 24.5 Å². The van der Waals surface area contributed by atoms with Gasteiger partial charge >= 0.3 is 5.97 Å². The third-order valence-electron chi connectivity index (χ3n) is 3.10. The molecule has 0 fully saturated rings. The molecule has 0 atom stereocenters. The highest BCUT2D eigenvalue weighted by atomic mass is 79.9. The Hall–Kier alpha value is -2.14. The van der Waals surface area contributed by atoms with E-state index >= 15 is 0 Å². The molecule has 0 aliphatic carbocycles. The zero-order valence-corrected chi connectivity index (χ0v) is 12.3. The number of halogens is 1. The van der Waals surface area contributed by atoms with Crippen LogP contribution in [0.15, 0.2) is 47.2 Å². The van der Waals surface area contributed by atoms with Gasteiger partial charge in [0.1, 0.15) is 6.33 Å². The molecule has 3 rings (SSSR count). The van der Waals surface area contributed by atoms with Crippen molar-refractivity contribution in [2.24, 2.45) is 0 Å². The Morgan fingerprint density at radius 1 is 1.25 bits per heavy atom. The largest absolute Gasteiger partial charge is 0.478 e. The SMILES string of the molecule is Cc1cc(Br)cc(-n2cnc3cc(C(=O)O)ccc32)c1. The maximum absolute atomic E-state index is 11.0. The van der Waals surface area contributed by atoms with Crippen molar-refractivity contribution in [2.75, 3.05) is 0 Å². The average Bonchev–Trinajstić information content (AvgIpc) is 2.80. The van der Waals surface area contributed by atoms with Crippen LogP contribution in [0.3, 0.4) is 0 Å². The summed E-state index contributed by atoms with van der Waals surface area (Å²) >= 11 is 3.48. The smallest absolute Gasteiger partial charge is 0.335 e. The van der Waals surface area contributed by atoms with Crippen molar-refractivity contribution in [1.29, 1.82) is 0 Å². The lowest BCUT2D eigenvalue weighted by Crippen LogP contribution is -1.96. The lowest BCUT2D eigenvalue weighted by molar-refractivity contribution is 0.0697. The van der Waals surface area contributed by atoms with Gasteiger partial charge in [0.2, 0.25) is 0 Å². The molecule has 0 saturated carbocycles. The Balaban J connectivity index is 2.19. The number of aromatic nitrogens is 2. The number of rotatable bonds is 2. The zero-order chi connectivity index (χ0) is 14.3. The van der Waals surface area contributed by atoms with Gasteiger partial charge in [-0.25, -0.2) is 9.78 Å². The maximum atomic E-state index is 11.0. The molecule has 0 aliphatic rings.